The van der Waals surface area contributed by atoms with Crippen LogP contribution in [0, 0.1) is 11.6 Å². The molecule has 2 aromatic carbocycles. The van der Waals surface area contributed by atoms with E-state index in [-0.39, 0.29) is 30.3 Å². The van der Waals surface area contributed by atoms with Gasteiger partial charge in [-0.3, -0.25) is 9.59 Å². The van der Waals surface area contributed by atoms with E-state index in [1.54, 1.807) is 13.0 Å². The zero-order valence-electron chi connectivity index (χ0n) is 14.6. The molecule has 0 saturated heterocycles. The number of hydrogen-bond donors (Lipinski definition) is 1. The van der Waals surface area contributed by atoms with Crippen LogP contribution in [0.5, 0.6) is 5.75 Å². The molecule has 0 unspecified atom stereocenters. The lowest BCUT2D eigenvalue weighted by atomic mass is 10.2. The molecule has 0 spiro atoms. The maximum absolute atomic E-state index is 13.8. The summed E-state index contributed by atoms with van der Waals surface area (Å²) < 4.78 is 32.2. The molecule has 0 aliphatic heterocycles. The Bertz CT molecular complexity index is 796. The van der Waals surface area contributed by atoms with Crippen LogP contribution in [-0.2, 0) is 11.3 Å². The molecular weight excluding hydrogens is 342 g/mol. The molecule has 2 aromatic rings. The third-order valence-corrected chi connectivity index (χ3v) is 3.84. The quantitative estimate of drug-likeness (QED) is 0.824. The Morgan fingerprint density at radius 1 is 1.12 bits per heavy atom. The van der Waals surface area contributed by atoms with Gasteiger partial charge < -0.3 is 15.0 Å². The number of carbonyl (C=O) groups excluding carboxylic acids is 2. The maximum Gasteiger partial charge on any atom is 0.254 e. The van der Waals surface area contributed by atoms with E-state index in [2.05, 4.69) is 5.32 Å². The Labute approximate surface area is 150 Å². The second-order valence-corrected chi connectivity index (χ2v) is 5.54. The van der Waals surface area contributed by atoms with Gasteiger partial charge in [0.2, 0.25) is 5.91 Å². The van der Waals surface area contributed by atoms with E-state index in [0.29, 0.717) is 12.1 Å². The van der Waals surface area contributed by atoms with Crippen molar-refractivity contribution in [3.05, 3.63) is 65.2 Å². The van der Waals surface area contributed by atoms with Crippen molar-refractivity contribution in [2.24, 2.45) is 0 Å². The van der Waals surface area contributed by atoms with Crippen LogP contribution in [-0.4, -0.2) is 36.9 Å². The average molecular weight is 362 g/mol. The Kier molecular flexibility index (Phi) is 6.66. The topological polar surface area (TPSA) is 58.6 Å². The van der Waals surface area contributed by atoms with Crippen LogP contribution >= 0.6 is 0 Å². The number of carbonyl (C=O) groups is 2. The summed E-state index contributed by atoms with van der Waals surface area (Å²) in [7, 11) is 1.37. The van der Waals surface area contributed by atoms with Crippen LogP contribution in [0.3, 0.4) is 0 Å². The third kappa shape index (κ3) is 4.78. The van der Waals surface area contributed by atoms with Gasteiger partial charge in [-0.2, -0.15) is 0 Å². The van der Waals surface area contributed by atoms with Gasteiger partial charge in [0.05, 0.1) is 19.2 Å². The number of amides is 2. The zero-order chi connectivity index (χ0) is 19.1. The number of nitrogens with one attached hydrogen (secondary N) is 1. The molecule has 0 radical (unpaired) electrons. The Hall–Kier alpha value is -2.96. The highest BCUT2D eigenvalue weighted by molar-refractivity contribution is 5.96. The zero-order valence-corrected chi connectivity index (χ0v) is 14.6. The van der Waals surface area contributed by atoms with E-state index in [9.17, 15) is 18.4 Å². The van der Waals surface area contributed by atoms with Crippen molar-refractivity contribution in [3.8, 4) is 5.75 Å². The van der Waals surface area contributed by atoms with E-state index >= 15 is 0 Å². The van der Waals surface area contributed by atoms with Gasteiger partial charge in [-0.1, -0.05) is 18.2 Å². The smallest absolute Gasteiger partial charge is 0.254 e. The molecule has 26 heavy (non-hydrogen) atoms. The molecule has 0 atom stereocenters. The highest BCUT2D eigenvalue weighted by atomic mass is 19.1. The second kappa shape index (κ2) is 8.94. The fraction of sp³-hybridized carbons (Fsp3) is 0.263. The van der Waals surface area contributed by atoms with Crippen LogP contribution in [0.2, 0.25) is 0 Å². The van der Waals surface area contributed by atoms with Gasteiger partial charge in [0.25, 0.3) is 5.91 Å². The molecular formula is C19H20F2N2O3. The highest BCUT2D eigenvalue weighted by Gasteiger charge is 2.16. The van der Waals surface area contributed by atoms with Gasteiger partial charge in [-0.05, 0) is 36.8 Å². The molecule has 0 bridgehead atoms. The first-order chi connectivity index (χ1) is 12.5. The predicted molar refractivity (Wildman–Crippen MR) is 92.8 cm³/mol. The largest absolute Gasteiger partial charge is 0.494 e. The van der Waals surface area contributed by atoms with E-state index < -0.39 is 17.5 Å². The molecule has 0 heterocycles. The number of methoxy groups -OCH3 is 1. The van der Waals surface area contributed by atoms with Crippen LogP contribution < -0.4 is 10.1 Å². The lowest BCUT2D eigenvalue weighted by molar-refractivity contribution is -0.130. The SMILES string of the molecule is CCN(Cc1ccc(OC)c(F)c1)C(=O)CNC(=O)c1ccccc1F. The minimum atomic E-state index is -0.664. The van der Waals surface area contributed by atoms with Gasteiger partial charge in [0, 0.05) is 13.1 Å². The summed E-state index contributed by atoms with van der Waals surface area (Å²) in [5.74, 6) is -2.06. The van der Waals surface area contributed by atoms with Crippen molar-refractivity contribution < 1.29 is 23.1 Å². The van der Waals surface area contributed by atoms with Crippen LogP contribution in [0.1, 0.15) is 22.8 Å². The van der Waals surface area contributed by atoms with Crippen LogP contribution in [0.25, 0.3) is 0 Å². The maximum atomic E-state index is 13.8. The highest BCUT2D eigenvalue weighted by Crippen LogP contribution is 2.18. The van der Waals surface area contributed by atoms with E-state index in [4.69, 9.17) is 4.74 Å². The van der Waals surface area contributed by atoms with Gasteiger partial charge in [0.1, 0.15) is 5.82 Å². The number of halogens is 2. The van der Waals surface area contributed by atoms with E-state index in [1.807, 2.05) is 0 Å². The number of likely N-dealkylation sites (N-methyl/N-ethyl adjacent to an activating group) is 1. The summed E-state index contributed by atoms with van der Waals surface area (Å²) in [5, 5.41) is 2.41. The standard InChI is InChI=1S/C19H20F2N2O3/c1-3-23(12-13-8-9-17(26-2)16(21)10-13)18(24)11-22-19(25)14-6-4-5-7-15(14)20/h4-10H,3,11-12H2,1-2H3,(H,22,25). The fourth-order valence-electron chi connectivity index (χ4n) is 2.41. The minimum Gasteiger partial charge on any atom is -0.494 e. The van der Waals surface area contributed by atoms with Gasteiger partial charge >= 0.3 is 0 Å². The molecule has 0 fully saturated rings. The number of ether oxygens (including phenoxy) is 1. The normalized spacial score (nSPS) is 10.3. The predicted octanol–water partition coefficient (Wildman–Crippen LogP) is 2.75. The summed E-state index contributed by atoms with van der Waals surface area (Å²) in [5.41, 5.74) is 0.472. The number of nitrogens with zero attached hydrogens (tertiary/aromatic N) is 1. The van der Waals surface area contributed by atoms with Crippen molar-refractivity contribution in [3.63, 3.8) is 0 Å². The summed E-state index contributed by atoms with van der Waals surface area (Å²) in [6, 6.07) is 9.98. The van der Waals surface area contributed by atoms with Gasteiger partial charge in [-0.15, -0.1) is 0 Å². The van der Waals surface area contributed by atoms with Gasteiger partial charge in [0.15, 0.2) is 11.6 Å². The van der Waals surface area contributed by atoms with Crippen LogP contribution in [0.4, 0.5) is 8.78 Å². The lowest BCUT2D eigenvalue weighted by Gasteiger charge is -2.21. The van der Waals surface area contributed by atoms with E-state index in [0.717, 1.165) is 0 Å². The fourth-order valence-corrected chi connectivity index (χ4v) is 2.41. The molecule has 138 valence electrons. The van der Waals surface area contributed by atoms with Crippen molar-refractivity contribution in [1.29, 1.82) is 0 Å². The Morgan fingerprint density at radius 3 is 2.46 bits per heavy atom. The summed E-state index contributed by atoms with van der Waals surface area (Å²) in [4.78, 5) is 25.7. The number of hydrogen-bond acceptors (Lipinski definition) is 3. The first-order valence-corrected chi connectivity index (χ1v) is 8.09. The Balaban J connectivity index is 1.97. The molecule has 1 N–H and O–H groups in total. The lowest BCUT2D eigenvalue weighted by Crippen LogP contribution is -2.40. The van der Waals surface area contributed by atoms with Crippen molar-refractivity contribution in [1.82, 2.24) is 10.2 Å². The Morgan fingerprint density at radius 2 is 1.85 bits per heavy atom. The molecule has 2 rings (SSSR count). The second-order valence-electron chi connectivity index (χ2n) is 5.54. The first kappa shape index (κ1) is 19.4. The summed E-state index contributed by atoms with van der Waals surface area (Å²) in [6.07, 6.45) is 0. The molecule has 2 amide bonds. The summed E-state index contributed by atoms with van der Waals surface area (Å²) >= 11 is 0. The monoisotopic (exact) mass is 362 g/mol. The number of benzene rings is 2. The molecule has 5 nitrogen and oxygen atoms in total. The van der Waals surface area contributed by atoms with Crippen molar-refractivity contribution >= 4 is 11.8 Å². The molecule has 0 aromatic heterocycles. The molecule has 0 saturated carbocycles. The minimum absolute atomic E-state index is 0.124. The molecule has 0 aliphatic carbocycles. The van der Waals surface area contributed by atoms with Crippen molar-refractivity contribution in [2.45, 2.75) is 13.5 Å². The van der Waals surface area contributed by atoms with Crippen LogP contribution in [0.15, 0.2) is 42.5 Å². The number of rotatable bonds is 7. The first-order valence-electron chi connectivity index (χ1n) is 8.09. The van der Waals surface area contributed by atoms with Gasteiger partial charge in [-0.25, -0.2) is 8.78 Å². The van der Waals surface area contributed by atoms with Crippen molar-refractivity contribution in [2.75, 3.05) is 20.2 Å². The molecule has 0 aliphatic rings. The van der Waals surface area contributed by atoms with E-state index in [1.165, 1.54) is 48.4 Å². The summed E-state index contributed by atoms with van der Waals surface area (Å²) in [6.45, 7) is 2.06. The average Bonchev–Trinajstić information content (AvgIpc) is 2.64. The molecule has 7 heteroatoms. The third-order valence-electron chi connectivity index (χ3n) is 3.84.